The molecule has 1 atom stereocenters. The highest BCUT2D eigenvalue weighted by Crippen LogP contribution is 2.04. The third-order valence-corrected chi connectivity index (χ3v) is 3.66. The number of nitrogens with zero attached hydrogens (tertiary/aromatic N) is 1. The molecule has 0 amide bonds. The summed E-state index contributed by atoms with van der Waals surface area (Å²) in [4.78, 5) is 4.64. The number of benzene rings is 1. The van der Waals surface area contributed by atoms with Crippen LogP contribution in [0, 0.1) is 5.92 Å². The Bertz CT molecular complexity index is 603. The SMILES string of the molecule is CCNC(=NCC(C)COCc1ccccc1)NCCc1ccco1.I. The van der Waals surface area contributed by atoms with E-state index >= 15 is 0 Å². The summed E-state index contributed by atoms with van der Waals surface area (Å²) in [5.41, 5.74) is 1.20. The van der Waals surface area contributed by atoms with Crippen LogP contribution in [-0.4, -0.2) is 32.2 Å². The minimum Gasteiger partial charge on any atom is -0.469 e. The minimum atomic E-state index is 0. The Labute approximate surface area is 173 Å². The van der Waals surface area contributed by atoms with Crippen molar-refractivity contribution in [1.82, 2.24) is 10.6 Å². The zero-order valence-corrected chi connectivity index (χ0v) is 17.9. The van der Waals surface area contributed by atoms with E-state index in [1.165, 1.54) is 5.56 Å². The van der Waals surface area contributed by atoms with Crippen LogP contribution in [0.4, 0.5) is 0 Å². The standard InChI is InChI=1S/C20H29N3O2.HI/c1-3-21-20(22-12-11-19-10-7-13-25-19)23-14-17(2)15-24-16-18-8-5-4-6-9-18;/h4-10,13,17H,3,11-12,14-16H2,1-2H3,(H2,21,22,23);1H. The van der Waals surface area contributed by atoms with E-state index in [9.17, 15) is 0 Å². The second-order valence-corrected chi connectivity index (χ2v) is 6.08. The summed E-state index contributed by atoms with van der Waals surface area (Å²) in [6.45, 7) is 7.92. The summed E-state index contributed by atoms with van der Waals surface area (Å²) in [6, 6.07) is 14.1. The number of hydrogen-bond acceptors (Lipinski definition) is 3. The van der Waals surface area contributed by atoms with E-state index in [1.807, 2.05) is 30.3 Å². The maximum Gasteiger partial charge on any atom is 0.191 e. The third kappa shape index (κ3) is 9.24. The summed E-state index contributed by atoms with van der Waals surface area (Å²) in [5.74, 6) is 2.18. The second kappa shape index (κ2) is 13.6. The summed E-state index contributed by atoms with van der Waals surface area (Å²) >= 11 is 0. The Kier molecular flexibility index (Phi) is 11.8. The van der Waals surface area contributed by atoms with Crippen molar-refractivity contribution < 1.29 is 9.15 Å². The van der Waals surface area contributed by atoms with Gasteiger partial charge in [-0.25, -0.2) is 0 Å². The molecule has 0 fully saturated rings. The second-order valence-electron chi connectivity index (χ2n) is 6.08. The van der Waals surface area contributed by atoms with Gasteiger partial charge in [0, 0.05) is 26.1 Å². The molecule has 144 valence electrons. The van der Waals surface area contributed by atoms with Crippen LogP contribution in [0.1, 0.15) is 25.2 Å². The molecule has 26 heavy (non-hydrogen) atoms. The van der Waals surface area contributed by atoms with Crippen molar-refractivity contribution in [3.05, 3.63) is 60.1 Å². The first kappa shape index (κ1) is 22.5. The number of furan rings is 1. The van der Waals surface area contributed by atoms with E-state index in [2.05, 4.69) is 41.6 Å². The number of ether oxygens (including phenoxy) is 1. The van der Waals surface area contributed by atoms with E-state index in [-0.39, 0.29) is 24.0 Å². The highest BCUT2D eigenvalue weighted by Gasteiger charge is 2.04. The van der Waals surface area contributed by atoms with Crippen LogP contribution in [0.3, 0.4) is 0 Å². The van der Waals surface area contributed by atoms with Gasteiger partial charge < -0.3 is 19.8 Å². The molecule has 2 rings (SSSR count). The molecule has 0 aliphatic heterocycles. The maximum atomic E-state index is 5.78. The van der Waals surface area contributed by atoms with Gasteiger partial charge in [-0.1, -0.05) is 37.3 Å². The van der Waals surface area contributed by atoms with E-state index in [1.54, 1.807) is 6.26 Å². The lowest BCUT2D eigenvalue weighted by Gasteiger charge is -2.13. The third-order valence-electron chi connectivity index (χ3n) is 3.66. The van der Waals surface area contributed by atoms with E-state index < -0.39 is 0 Å². The Morgan fingerprint density at radius 3 is 2.65 bits per heavy atom. The molecule has 1 heterocycles. The van der Waals surface area contributed by atoms with Gasteiger partial charge in [0.1, 0.15) is 5.76 Å². The molecule has 0 spiro atoms. The molecule has 2 N–H and O–H groups in total. The van der Waals surface area contributed by atoms with Crippen LogP contribution in [0.25, 0.3) is 0 Å². The normalized spacial score (nSPS) is 12.3. The molecule has 0 aliphatic carbocycles. The first-order chi connectivity index (χ1) is 12.3. The van der Waals surface area contributed by atoms with Crippen molar-refractivity contribution in [2.24, 2.45) is 10.9 Å². The predicted octanol–water partition coefficient (Wildman–Crippen LogP) is 3.85. The molecule has 0 bridgehead atoms. The zero-order chi connectivity index (χ0) is 17.7. The molecule has 0 radical (unpaired) electrons. The van der Waals surface area contributed by atoms with Crippen molar-refractivity contribution in [2.45, 2.75) is 26.9 Å². The summed E-state index contributed by atoms with van der Waals surface area (Å²) < 4.78 is 11.1. The molecule has 0 saturated carbocycles. The zero-order valence-electron chi connectivity index (χ0n) is 15.6. The number of aliphatic imine (C=N–C) groups is 1. The number of nitrogens with one attached hydrogen (secondary N) is 2. The van der Waals surface area contributed by atoms with Crippen LogP contribution in [0.15, 0.2) is 58.1 Å². The highest BCUT2D eigenvalue weighted by atomic mass is 127. The monoisotopic (exact) mass is 471 g/mol. The Hall–Kier alpha value is -1.54. The highest BCUT2D eigenvalue weighted by molar-refractivity contribution is 14.0. The average Bonchev–Trinajstić information content (AvgIpc) is 3.14. The van der Waals surface area contributed by atoms with E-state index in [4.69, 9.17) is 9.15 Å². The van der Waals surface area contributed by atoms with Gasteiger partial charge in [0.15, 0.2) is 5.96 Å². The van der Waals surface area contributed by atoms with Crippen molar-refractivity contribution in [1.29, 1.82) is 0 Å². The van der Waals surface area contributed by atoms with Crippen LogP contribution in [0.5, 0.6) is 0 Å². The molecule has 1 aromatic carbocycles. The lowest BCUT2D eigenvalue weighted by atomic mass is 10.2. The number of guanidine groups is 1. The molecule has 1 unspecified atom stereocenters. The van der Waals surface area contributed by atoms with Gasteiger partial charge in [-0.15, -0.1) is 24.0 Å². The Morgan fingerprint density at radius 2 is 1.96 bits per heavy atom. The van der Waals surface area contributed by atoms with Crippen molar-refractivity contribution >= 4 is 29.9 Å². The first-order valence-corrected chi connectivity index (χ1v) is 8.94. The molecule has 0 aliphatic rings. The van der Waals surface area contributed by atoms with Crippen molar-refractivity contribution in [2.75, 3.05) is 26.2 Å². The van der Waals surface area contributed by atoms with E-state index in [0.29, 0.717) is 19.1 Å². The summed E-state index contributed by atoms with van der Waals surface area (Å²) in [5, 5.41) is 6.60. The summed E-state index contributed by atoms with van der Waals surface area (Å²) in [6.07, 6.45) is 2.54. The molecular formula is C20H30IN3O2. The Morgan fingerprint density at radius 1 is 1.15 bits per heavy atom. The van der Waals surface area contributed by atoms with Crippen molar-refractivity contribution in [3.8, 4) is 0 Å². The molecule has 2 aromatic rings. The topological polar surface area (TPSA) is 58.8 Å². The molecule has 5 nitrogen and oxygen atoms in total. The van der Waals surface area contributed by atoms with Crippen molar-refractivity contribution in [3.63, 3.8) is 0 Å². The molecule has 0 saturated heterocycles. The average molecular weight is 471 g/mol. The number of hydrogen-bond donors (Lipinski definition) is 2. The fourth-order valence-corrected chi connectivity index (χ4v) is 2.35. The van der Waals surface area contributed by atoms with Crippen LogP contribution < -0.4 is 10.6 Å². The van der Waals surface area contributed by atoms with Gasteiger partial charge in [-0.05, 0) is 30.5 Å². The van der Waals surface area contributed by atoms with Gasteiger partial charge in [-0.3, -0.25) is 4.99 Å². The minimum absolute atomic E-state index is 0. The Balaban J connectivity index is 0.00000338. The van der Waals surface area contributed by atoms with Gasteiger partial charge >= 0.3 is 0 Å². The first-order valence-electron chi connectivity index (χ1n) is 8.94. The van der Waals surface area contributed by atoms with E-state index in [0.717, 1.165) is 37.8 Å². The van der Waals surface area contributed by atoms with Gasteiger partial charge in [0.2, 0.25) is 0 Å². The largest absolute Gasteiger partial charge is 0.469 e. The summed E-state index contributed by atoms with van der Waals surface area (Å²) in [7, 11) is 0. The fourth-order valence-electron chi connectivity index (χ4n) is 2.35. The quantitative estimate of drug-likeness (QED) is 0.314. The lowest BCUT2D eigenvalue weighted by Crippen LogP contribution is -2.38. The van der Waals surface area contributed by atoms with Gasteiger partial charge in [-0.2, -0.15) is 0 Å². The van der Waals surface area contributed by atoms with Crippen LogP contribution >= 0.6 is 24.0 Å². The van der Waals surface area contributed by atoms with Crippen LogP contribution in [-0.2, 0) is 17.8 Å². The molecule has 1 aromatic heterocycles. The lowest BCUT2D eigenvalue weighted by molar-refractivity contribution is 0.0945. The van der Waals surface area contributed by atoms with Gasteiger partial charge in [0.05, 0.1) is 19.5 Å². The predicted molar refractivity (Wildman–Crippen MR) is 117 cm³/mol. The fraction of sp³-hybridized carbons (Fsp3) is 0.450. The molecular weight excluding hydrogens is 441 g/mol. The maximum absolute atomic E-state index is 5.78. The number of halogens is 1. The van der Waals surface area contributed by atoms with Gasteiger partial charge in [0.25, 0.3) is 0 Å². The van der Waals surface area contributed by atoms with Crippen LogP contribution in [0.2, 0.25) is 0 Å². The number of rotatable bonds is 10. The molecule has 6 heteroatoms. The smallest absolute Gasteiger partial charge is 0.191 e.